The summed E-state index contributed by atoms with van der Waals surface area (Å²) >= 11 is 0. The smallest absolute Gasteiger partial charge is 0.266 e. The van der Waals surface area contributed by atoms with Gasteiger partial charge in [-0.2, -0.15) is 0 Å². The molecule has 3 rings (SSSR count). The number of amides is 1. The van der Waals surface area contributed by atoms with Gasteiger partial charge in [0, 0.05) is 23.0 Å². The van der Waals surface area contributed by atoms with Gasteiger partial charge in [0.25, 0.3) is 5.91 Å². The summed E-state index contributed by atoms with van der Waals surface area (Å²) in [4.78, 5) is 16.2. The minimum atomic E-state index is -1.78. The molecule has 5 nitrogen and oxygen atoms in total. The SMILES string of the molecule is Cc1ccnc(N)c1C1(O)C(=O)Nc2ccccc21. The van der Waals surface area contributed by atoms with E-state index < -0.39 is 11.5 Å². The highest BCUT2D eigenvalue weighted by atomic mass is 16.3. The third-order valence-corrected chi connectivity index (χ3v) is 3.44. The number of fused-ring (bicyclic) bond motifs is 1. The number of anilines is 2. The number of para-hydroxylation sites is 1. The van der Waals surface area contributed by atoms with Crippen molar-refractivity contribution in [3.8, 4) is 0 Å². The molecule has 1 aliphatic heterocycles. The zero-order valence-electron chi connectivity index (χ0n) is 10.3. The molecular weight excluding hydrogens is 242 g/mol. The van der Waals surface area contributed by atoms with E-state index in [1.807, 2.05) is 0 Å². The molecule has 4 N–H and O–H groups in total. The number of aryl methyl sites for hydroxylation is 1. The van der Waals surface area contributed by atoms with E-state index in [0.717, 1.165) is 5.56 Å². The van der Waals surface area contributed by atoms with Gasteiger partial charge < -0.3 is 16.2 Å². The van der Waals surface area contributed by atoms with E-state index >= 15 is 0 Å². The summed E-state index contributed by atoms with van der Waals surface area (Å²) in [5.74, 6) is -0.342. The molecule has 0 saturated carbocycles. The number of hydrogen-bond acceptors (Lipinski definition) is 4. The number of aliphatic hydroxyl groups is 1. The fourth-order valence-corrected chi connectivity index (χ4v) is 2.54. The van der Waals surface area contributed by atoms with Crippen molar-refractivity contribution in [1.82, 2.24) is 4.98 Å². The summed E-state index contributed by atoms with van der Waals surface area (Å²) in [6.45, 7) is 1.79. The van der Waals surface area contributed by atoms with Gasteiger partial charge in [-0.25, -0.2) is 4.98 Å². The van der Waals surface area contributed by atoms with Crippen LogP contribution in [0.1, 0.15) is 16.7 Å². The molecular formula is C14H13N3O2. The van der Waals surface area contributed by atoms with Crippen LogP contribution in [0.15, 0.2) is 36.5 Å². The number of aromatic nitrogens is 1. The minimum absolute atomic E-state index is 0.161. The van der Waals surface area contributed by atoms with Gasteiger partial charge in [0.05, 0.1) is 0 Å². The van der Waals surface area contributed by atoms with Gasteiger partial charge in [-0.15, -0.1) is 0 Å². The van der Waals surface area contributed by atoms with Crippen molar-refractivity contribution in [3.05, 3.63) is 53.2 Å². The van der Waals surface area contributed by atoms with Crippen LogP contribution in [-0.2, 0) is 10.4 Å². The molecule has 1 aromatic carbocycles. The van der Waals surface area contributed by atoms with E-state index in [-0.39, 0.29) is 5.82 Å². The average molecular weight is 255 g/mol. The maximum absolute atomic E-state index is 12.2. The third kappa shape index (κ3) is 1.45. The fourth-order valence-electron chi connectivity index (χ4n) is 2.54. The van der Waals surface area contributed by atoms with Crippen molar-refractivity contribution in [1.29, 1.82) is 0 Å². The quantitative estimate of drug-likeness (QED) is 0.713. The summed E-state index contributed by atoms with van der Waals surface area (Å²) in [5.41, 5.74) is 6.24. The van der Waals surface area contributed by atoms with Gasteiger partial charge in [-0.1, -0.05) is 18.2 Å². The molecule has 0 bridgehead atoms. The van der Waals surface area contributed by atoms with E-state index in [2.05, 4.69) is 10.3 Å². The van der Waals surface area contributed by atoms with Crippen molar-refractivity contribution in [2.45, 2.75) is 12.5 Å². The molecule has 19 heavy (non-hydrogen) atoms. The van der Waals surface area contributed by atoms with Crippen molar-refractivity contribution in [3.63, 3.8) is 0 Å². The van der Waals surface area contributed by atoms with Crippen LogP contribution in [0.3, 0.4) is 0 Å². The molecule has 2 heterocycles. The molecule has 1 aliphatic rings. The zero-order valence-corrected chi connectivity index (χ0v) is 10.3. The van der Waals surface area contributed by atoms with E-state index in [4.69, 9.17) is 5.73 Å². The van der Waals surface area contributed by atoms with Crippen LogP contribution < -0.4 is 11.1 Å². The number of pyridine rings is 1. The van der Waals surface area contributed by atoms with Gasteiger partial charge >= 0.3 is 0 Å². The first-order valence-electron chi connectivity index (χ1n) is 5.90. The minimum Gasteiger partial charge on any atom is -0.383 e. The Bertz CT molecular complexity index is 664. The Kier molecular flexibility index (Phi) is 2.33. The largest absolute Gasteiger partial charge is 0.383 e. The van der Waals surface area contributed by atoms with Gasteiger partial charge in [0.15, 0.2) is 5.60 Å². The highest BCUT2D eigenvalue weighted by molar-refractivity contribution is 6.08. The lowest BCUT2D eigenvalue weighted by atomic mass is 9.85. The number of nitrogens with zero attached hydrogens (tertiary/aromatic N) is 1. The number of hydrogen-bond donors (Lipinski definition) is 3. The standard InChI is InChI=1S/C14H13N3O2/c1-8-6-7-16-12(15)11(8)14(19)9-4-2-3-5-10(9)17-13(14)18/h2-7,19H,1H3,(H2,15,16)(H,17,18). The van der Waals surface area contributed by atoms with Crippen LogP contribution >= 0.6 is 0 Å². The molecule has 0 radical (unpaired) electrons. The van der Waals surface area contributed by atoms with Crippen LogP contribution in [0, 0.1) is 6.92 Å². The molecule has 0 spiro atoms. The second-order valence-electron chi connectivity index (χ2n) is 4.60. The van der Waals surface area contributed by atoms with Gasteiger partial charge in [-0.05, 0) is 24.6 Å². The third-order valence-electron chi connectivity index (χ3n) is 3.44. The highest BCUT2D eigenvalue weighted by Crippen LogP contribution is 2.43. The molecule has 0 aliphatic carbocycles. The van der Waals surface area contributed by atoms with Crippen LogP contribution in [0.4, 0.5) is 11.5 Å². The zero-order chi connectivity index (χ0) is 13.6. The van der Waals surface area contributed by atoms with Gasteiger partial charge in [0.2, 0.25) is 0 Å². The Morgan fingerprint density at radius 3 is 2.79 bits per heavy atom. The molecule has 1 unspecified atom stereocenters. The Labute approximate surface area is 110 Å². The highest BCUT2D eigenvalue weighted by Gasteiger charge is 2.48. The number of nitrogens with two attached hydrogens (primary N) is 1. The maximum Gasteiger partial charge on any atom is 0.266 e. The summed E-state index contributed by atoms with van der Waals surface area (Å²) in [5, 5.41) is 13.6. The molecule has 1 aromatic heterocycles. The van der Waals surface area contributed by atoms with Crippen LogP contribution in [-0.4, -0.2) is 16.0 Å². The summed E-state index contributed by atoms with van der Waals surface area (Å²) in [6, 6.07) is 8.74. The summed E-state index contributed by atoms with van der Waals surface area (Å²) in [6.07, 6.45) is 1.55. The monoisotopic (exact) mass is 255 g/mol. The Hall–Kier alpha value is -2.40. The van der Waals surface area contributed by atoms with E-state index in [1.54, 1.807) is 43.5 Å². The Morgan fingerprint density at radius 2 is 2.05 bits per heavy atom. The number of nitrogen functional groups attached to an aromatic ring is 1. The fraction of sp³-hybridized carbons (Fsp3) is 0.143. The van der Waals surface area contributed by atoms with Gasteiger partial charge in [0.1, 0.15) is 5.82 Å². The topological polar surface area (TPSA) is 88.2 Å². The van der Waals surface area contributed by atoms with Crippen LogP contribution in [0.25, 0.3) is 0 Å². The van der Waals surface area contributed by atoms with E-state index in [1.165, 1.54) is 0 Å². The van der Waals surface area contributed by atoms with Crippen molar-refractivity contribution >= 4 is 17.4 Å². The number of nitrogens with one attached hydrogen (secondary N) is 1. The number of carbonyl (C=O) groups excluding carboxylic acids is 1. The number of carbonyl (C=O) groups is 1. The molecule has 1 atom stereocenters. The van der Waals surface area contributed by atoms with Crippen molar-refractivity contribution < 1.29 is 9.90 Å². The Morgan fingerprint density at radius 1 is 1.32 bits per heavy atom. The average Bonchev–Trinajstić information content (AvgIpc) is 2.63. The molecule has 1 amide bonds. The number of rotatable bonds is 1. The second kappa shape index (κ2) is 3.80. The lowest BCUT2D eigenvalue weighted by Crippen LogP contribution is -2.37. The first kappa shape index (κ1) is 11.7. The first-order chi connectivity index (χ1) is 9.05. The van der Waals surface area contributed by atoms with Crippen LogP contribution in [0.5, 0.6) is 0 Å². The normalized spacial score (nSPS) is 21.1. The number of benzene rings is 1. The predicted molar refractivity (Wildman–Crippen MR) is 71.5 cm³/mol. The molecule has 96 valence electrons. The lowest BCUT2D eigenvalue weighted by Gasteiger charge is -2.24. The molecule has 0 saturated heterocycles. The summed E-state index contributed by atoms with van der Waals surface area (Å²) < 4.78 is 0. The van der Waals surface area contributed by atoms with E-state index in [0.29, 0.717) is 16.8 Å². The Balaban J connectivity index is 2.32. The van der Waals surface area contributed by atoms with Crippen molar-refractivity contribution in [2.24, 2.45) is 0 Å². The van der Waals surface area contributed by atoms with Crippen LogP contribution in [0.2, 0.25) is 0 Å². The first-order valence-corrected chi connectivity index (χ1v) is 5.90. The molecule has 2 aromatic rings. The van der Waals surface area contributed by atoms with Crippen molar-refractivity contribution in [2.75, 3.05) is 11.1 Å². The second-order valence-corrected chi connectivity index (χ2v) is 4.60. The summed E-state index contributed by atoms with van der Waals surface area (Å²) in [7, 11) is 0. The molecule has 5 heteroatoms. The molecule has 0 fully saturated rings. The predicted octanol–water partition coefficient (Wildman–Crippen LogP) is 1.16. The lowest BCUT2D eigenvalue weighted by molar-refractivity contribution is -0.129. The van der Waals surface area contributed by atoms with Gasteiger partial charge in [-0.3, -0.25) is 4.79 Å². The maximum atomic E-state index is 12.2. The van der Waals surface area contributed by atoms with E-state index in [9.17, 15) is 9.90 Å².